The molecule has 0 heterocycles. The number of phenols is 1. The first-order chi connectivity index (χ1) is 10.7. The van der Waals surface area contributed by atoms with Gasteiger partial charge in [0.25, 0.3) is 5.91 Å². The fraction of sp³-hybridized carbons (Fsp3) is 0.133. The quantitative estimate of drug-likeness (QED) is 0.725. The Morgan fingerprint density at radius 3 is 2.43 bits per heavy atom. The zero-order valence-corrected chi connectivity index (χ0v) is 13.0. The number of hydrogen-bond donors (Lipinski definition) is 3. The Labute approximate surface area is 133 Å². The van der Waals surface area contributed by atoms with Gasteiger partial charge in [0, 0.05) is 12.2 Å². The Morgan fingerprint density at radius 2 is 1.83 bits per heavy atom. The van der Waals surface area contributed by atoms with E-state index >= 15 is 0 Å². The summed E-state index contributed by atoms with van der Waals surface area (Å²) in [5.74, 6) is -1.23. The summed E-state index contributed by atoms with van der Waals surface area (Å²) in [7, 11) is -3.49. The van der Waals surface area contributed by atoms with Crippen LogP contribution in [0.2, 0.25) is 0 Å². The fourth-order valence-electron chi connectivity index (χ4n) is 1.88. The van der Waals surface area contributed by atoms with Crippen LogP contribution in [0.15, 0.2) is 42.5 Å². The van der Waals surface area contributed by atoms with Gasteiger partial charge in [-0.05, 0) is 35.9 Å². The third-order valence-corrected chi connectivity index (χ3v) is 3.52. The molecular formula is C15H15FN2O4S. The van der Waals surface area contributed by atoms with Gasteiger partial charge in [-0.1, -0.05) is 12.1 Å². The highest BCUT2D eigenvalue weighted by Gasteiger charge is 2.13. The predicted molar refractivity (Wildman–Crippen MR) is 84.1 cm³/mol. The van der Waals surface area contributed by atoms with E-state index in [0.29, 0.717) is 5.56 Å². The van der Waals surface area contributed by atoms with Gasteiger partial charge < -0.3 is 10.4 Å². The molecule has 0 saturated carbocycles. The number of carbonyl (C=O) groups excluding carboxylic acids is 1. The normalized spacial score (nSPS) is 11.0. The van der Waals surface area contributed by atoms with Crippen LogP contribution in [0.25, 0.3) is 0 Å². The molecule has 0 bridgehead atoms. The molecule has 0 aliphatic heterocycles. The minimum atomic E-state index is -3.49. The third kappa shape index (κ3) is 4.96. The number of phenolic OH excluding ortho intramolecular Hbond substituents is 1. The zero-order valence-electron chi connectivity index (χ0n) is 12.2. The van der Waals surface area contributed by atoms with Crippen LogP contribution in [-0.4, -0.2) is 25.7 Å². The number of halogens is 1. The molecule has 2 aromatic rings. The lowest BCUT2D eigenvalue weighted by Gasteiger charge is -2.10. The van der Waals surface area contributed by atoms with Crippen LogP contribution in [0.1, 0.15) is 15.9 Å². The monoisotopic (exact) mass is 338 g/mol. The standard InChI is InChI=1S/C15H15FN2O4S/c1-23(21,22)18-12-6-7-14(19)13(8-12)15(20)17-9-10-2-4-11(16)5-3-10/h2-8,18-19H,9H2,1H3,(H,17,20). The highest BCUT2D eigenvalue weighted by molar-refractivity contribution is 7.92. The molecular weight excluding hydrogens is 323 g/mol. The molecule has 1 amide bonds. The number of carbonyl (C=O) groups is 1. The molecule has 0 radical (unpaired) electrons. The highest BCUT2D eigenvalue weighted by Crippen LogP contribution is 2.22. The van der Waals surface area contributed by atoms with E-state index in [-0.39, 0.29) is 29.4 Å². The molecule has 0 aliphatic rings. The number of amides is 1. The predicted octanol–water partition coefficient (Wildman–Crippen LogP) is 1.83. The molecule has 0 aliphatic carbocycles. The summed E-state index contributed by atoms with van der Waals surface area (Å²) in [5.41, 5.74) is 0.780. The Hall–Kier alpha value is -2.61. The summed E-state index contributed by atoms with van der Waals surface area (Å²) in [6, 6.07) is 9.39. The Kier molecular flexibility index (Phi) is 4.85. The number of sulfonamides is 1. The van der Waals surface area contributed by atoms with E-state index < -0.39 is 15.9 Å². The van der Waals surface area contributed by atoms with E-state index in [9.17, 15) is 22.7 Å². The van der Waals surface area contributed by atoms with E-state index in [4.69, 9.17) is 0 Å². The first-order valence-electron chi connectivity index (χ1n) is 6.58. The molecule has 0 atom stereocenters. The van der Waals surface area contributed by atoms with Crippen LogP contribution in [0.4, 0.5) is 10.1 Å². The third-order valence-electron chi connectivity index (χ3n) is 2.91. The number of hydrogen-bond acceptors (Lipinski definition) is 4. The SMILES string of the molecule is CS(=O)(=O)Nc1ccc(O)c(C(=O)NCc2ccc(F)cc2)c1. The maximum atomic E-state index is 12.8. The summed E-state index contributed by atoms with van der Waals surface area (Å²) in [6.45, 7) is 0.141. The van der Waals surface area contributed by atoms with Crippen LogP contribution in [0, 0.1) is 5.82 Å². The first kappa shape index (κ1) is 16.8. The van der Waals surface area contributed by atoms with Crippen molar-refractivity contribution in [1.29, 1.82) is 0 Å². The van der Waals surface area contributed by atoms with Crippen molar-refractivity contribution in [3.63, 3.8) is 0 Å². The molecule has 0 spiro atoms. The van der Waals surface area contributed by atoms with Crippen LogP contribution in [0.5, 0.6) is 5.75 Å². The average Bonchev–Trinajstić information content (AvgIpc) is 2.47. The number of rotatable bonds is 5. The first-order valence-corrected chi connectivity index (χ1v) is 8.47. The van der Waals surface area contributed by atoms with Crippen LogP contribution < -0.4 is 10.0 Å². The Morgan fingerprint density at radius 1 is 1.17 bits per heavy atom. The van der Waals surface area contributed by atoms with Crippen molar-refractivity contribution >= 4 is 21.6 Å². The second-order valence-corrected chi connectivity index (χ2v) is 6.66. The van der Waals surface area contributed by atoms with Crippen molar-refractivity contribution in [2.45, 2.75) is 6.54 Å². The zero-order chi connectivity index (χ0) is 17.0. The van der Waals surface area contributed by atoms with Crippen molar-refractivity contribution in [3.8, 4) is 5.75 Å². The maximum Gasteiger partial charge on any atom is 0.255 e. The van der Waals surface area contributed by atoms with Crippen molar-refractivity contribution in [2.24, 2.45) is 0 Å². The van der Waals surface area contributed by atoms with Crippen molar-refractivity contribution < 1.29 is 22.7 Å². The van der Waals surface area contributed by atoms with E-state index in [2.05, 4.69) is 10.0 Å². The maximum absolute atomic E-state index is 12.8. The van der Waals surface area contributed by atoms with Crippen LogP contribution >= 0.6 is 0 Å². The van der Waals surface area contributed by atoms with Crippen LogP contribution in [0.3, 0.4) is 0 Å². The summed E-state index contributed by atoms with van der Waals surface area (Å²) in [5, 5.41) is 12.3. The van der Waals surface area contributed by atoms with Gasteiger partial charge in [-0.2, -0.15) is 0 Å². The van der Waals surface area contributed by atoms with E-state index in [1.807, 2.05) is 0 Å². The van der Waals surface area contributed by atoms with Crippen LogP contribution in [-0.2, 0) is 16.6 Å². The minimum Gasteiger partial charge on any atom is -0.507 e. The number of anilines is 1. The number of benzene rings is 2. The second kappa shape index (κ2) is 6.66. The lowest BCUT2D eigenvalue weighted by molar-refractivity contribution is 0.0948. The average molecular weight is 338 g/mol. The van der Waals surface area contributed by atoms with E-state index in [0.717, 1.165) is 6.26 Å². The Balaban J connectivity index is 2.12. The van der Waals surface area contributed by atoms with Gasteiger partial charge in [-0.15, -0.1) is 0 Å². The molecule has 0 saturated heterocycles. The van der Waals surface area contributed by atoms with E-state index in [1.165, 1.54) is 42.5 Å². The molecule has 3 N–H and O–H groups in total. The minimum absolute atomic E-state index is 0.0687. The van der Waals surface area contributed by atoms with Gasteiger partial charge in [0.05, 0.1) is 11.8 Å². The lowest BCUT2D eigenvalue weighted by atomic mass is 10.1. The molecule has 8 heteroatoms. The smallest absolute Gasteiger partial charge is 0.255 e. The van der Waals surface area contributed by atoms with Gasteiger partial charge in [-0.25, -0.2) is 12.8 Å². The summed E-state index contributed by atoms with van der Waals surface area (Å²) >= 11 is 0. The topological polar surface area (TPSA) is 95.5 Å². The molecule has 0 unspecified atom stereocenters. The summed E-state index contributed by atoms with van der Waals surface area (Å²) in [4.78, 5) is 12.1. The molecule has 23 heavy (non-hydrogen) atoms. The molecule has 0 fully saturated rings. The molecule has 6 nitrogen and oxygen atoms in total. The van der Waals surface area contributed by atoms with Gasteiger partial charge >= 0.3 is 0 Å². The van der Waals surface area contributed by atoms with E-state index in [1.54, 1.807) is 0 Å². The van der Waals surface area contributed by atoms with Crippen molar-refractivity contribution in [3.05, 3.63) is 59.4 Å². The lowest BCUT2D eigenvalue weighted by Crippen LogP contribution is -2.23. The second-order valence-electron chi connectivity index (χ2n) is 4.92. The van der Waals surface area contributed by atoms with Gasteiger partial charge in [0.15, 0.2) is 0 Å². The molecule has 122 valence electrons. The van der Waals surface area contributed by atoms with Gasteiger partial charge in [0.1, 0.15) is 11.6 Å². The van der Waals surface area contributed by atoms with Crippen molar-refractivity contribution in [1.82, 2.24) is 5.32 Å². The highest BCUT2D eigenvalue weighted by atomic mass is 32.2. The summed E-state index contributed by atoms with van der Waals surface area (Å²) in [6.07, 6.45) is 0.980. The van der Waals surface area contributed by atoms with Gasteiger partial charge in [0.2, 0.25) is 10.0 Å². The largest absolute Gasteiger partial charge is 0.507 e. The Bertz CT molecular complexity index is 820. The summed E-state index contributed by atoms with van der Waals surface area (Å²) < 4.78 is 37.4. The molecule has 0 aromatic heterocycles. The molecule has 2 rings (SSSR count). The van der Waals surface area contributed by atoms with Crippen molar-refractivity contribution in [2.75, 3.05) is 11.0 Å². The number of aromatic hydroxyl groups is 1. The number of nitrogens with one attached hydrogen (secondary N) is 2. The van der Waals surface area contributed by atoms with Gasteiger partial charge in [-0.3, -0.25) is 9.52 Å². The fourth-order valence-corrected chi connectivity index (χ4v) is 2.43. The molecule has 2 aromatic carbocycles.